The average Bonchev–Trinajstić information content (AvgIpc) is 2.69. The number of aryl methyl sites for hydroxylation is 2. The maximum absolute atomic E-state index is 13.4. The summed E-state index contributed by atoms with van der Waals surface area (Å²) in [6.45, 7) is 3.32. The van der Waals surface area contributed by atoms with E-state index in [-0.39, 0.29) is 4.90 Å². The van der Waals surface area contributed by atoms with Crippen molar-refractivity contribution in [1.29, 1.82) is 0 Å². The van der Waals surface area contributed by atoms with E-state index in [1.165, 1.54) is 12.1 Å². The van der Waals surface area contributed by atoms with Crippen molar-refractivity contribution in [2.24, 2.45) is 0 Å². The number of amides is 1. The molecular weight excluding hydrogens is 488 g/mol. The first-order valence-corrected chi connectivity index (χ1v) is 11.7. The van der Waals surface area contributed by atoms with E-state index in [1.807, 2.05) is 13.8 Å². The van der Waals surface area contributed by atoms with E-state index < -0.39 is 22.5 Å². The Morgan fingerprint density at radius 3 is 2.40 bits per heavy atom. The predicted molar refractivity (Wildman–Crippen MR) is 125 cm³/mol. The molecule has 0 fully saturated rings. The molecule has 3 rings (SSSR count). The summed E-state index contributed by atoms with van der Waals surface area (Å²) < 4.78 is 28.5. The topological polar surface area (TPSA) is 66.5 Å². The van der Waals surface area contributed by atoms with Gasteiger partial charge in [0.15, 0.2) is 0 Å². The van der Waals surface area contributed by atoms with Gasteiger partial charge in [-0.2, -0.15) is 0 Å². The summed E-state index contributed by atoms with van der Waals surface area (Å²) in [5.41, 5.74) is 2.68. The van der Waals surface area contributed by atoms with Crippen molar-refractivity contribution in [3.8, 4) is 0 Å². The zero-order valence-corrected chi connectivity index (χ0v) is 19.6. The fourth-order valence-corrected chi connectivity index (χ4v) is 4.80. The van der Waals surface area contributed by atoms with E-state index in [2.05, 4.69) is 21.2 Å². The van der Waals surface area contributed by atoms with Gasteiger partial charge in [0.25, 0.3) is 10.0 Å². The number of nitrogens with one attached hydrogen (secondary N) is 1. The Hall–Kier alpha value is -2.35. The van der Waals surface area contributed by atoms with Crippen molar-refractivity contribution in [3.05, 3.63) is 87.4 Å². The van der Waals surface area contributed by atoms with E-state index in [1.54, 1.807) is 54.6 Å². The molecule has 0 aliphatic carbocycles. The number of rotatable bonds is 6. The third kappa shape index (κ3) is 5.22. The highest BCUT2D eigenvalue weighted by Crippen LogP contribution is 2.27. The van der Waals surface area contributed by atoms with Crippen LogP contribution < -0.4 is 9.62 Å². The van der Waals surface area contributed by atoms with Crippen molar-refractivity contribution >= 4 is 54.8 Å². The second kappa shape index (κ2) is 9.20. The summed E-state index contributed by atoms with van der Waals surface area (Å²) in [7, 11) is -3.97. The largest absolute Gasteiger partial charge is 0.324 e. The number of carbonyl (C=O) groups is 1. The lowest BCUT2D eigenvalue weighted by atomic mass is 10.2. The number of hydrogen-bond acceptors (Lipinski definition) is 3. The number of halogens is 2. The molecule has 0 aliphatic heterocycles. The standard InChI is InChI=1S/C22H20BrClN2O3S/c1-15-6-10-20(11-7-15)30(28,29)26(19-5-3-4-17(23)12-19)14-22(27)25-21-13-18(24)9-8-16(21)2/h3-13H,14H2,1-2H3,(H,25,27). The minimum Gasteiger partial charge on any atom is -0.324 e. The molecule has 30 heavy (non-hydrogen) atoms. The van der Waals surface area contributed by atoms with Crippen LogP contribution in [0.5, 0.6) is 0 Å². The van der Waals surface area contributed by atoms with Crippen LogP contribution in [0.15, 0.2) is 76.1 Å². The van der Waals surface area contributed by atoms with Crippen LogP contribution in [0.1, 0.15) is 11.1 Å². The van der Waals surface area contributed by atoms with Crippen LogP contribution in [0.25, 0.3) is 0 Å². The minimum absolute atomic E-state index is 0.111. The Bertz CT molecular complexity index is 1180. The van der Waals surface area contributed by atoms with Gasteiger partial charge in [-0.1, -0.05) is 57.4 Å². The van der Waals surface area contributed by atoms with Crippen LogP contribution in [0.4, 0.5) is 11.4 Å². The lowest BCUT2D eigenvalue weighted by Gasteiger charge is -2.24. The van der Waals surface area contributed by atoms with E-state index in [0.717, 1.165) is 15.4 Å². The number of sulfonamides is 1. The maximum atomic E-state index is 13.4. The first kappa shape index (κ1) is 22.3. The summed E-state index contributed by atoms with van der Waals surface area (Å²) in [5, 5.41) is 3.24. The van der Waals surface area contributed by atoms with Gasteiger partial charge in [-0.05, 0) is 61.9 Å². The highest BCUT2D eigenvalue weighted by molar-refractivity contribution is 9.10. The normalized spacial score (nSPS) is 11.2. The van der Waals surface area contributed by atoms with E-state index in [9.17, 15) is 13.2 Å². The first-order chi connectivity index (χ1) is 14.2. The molecule has 8 heteroatoms. The molecule has 0 radical (unpaired) electrons. The van der Waals surface area contributed by atoms with Gasteiger partial charge in [0.2, 0.25) is 5.91 Å². The Labute approximate surface area is 189 Å². The second-order valence-electron chi connectivity index (χ2n) is 6.81. The SMILES string of the molecule is Cc1ccc(S(=O)(=O)N(CC(=O)Nc2cc(Cl)ccc2C)c2cccc(Br)c2)cc1. The predicted octanol–water partition coefficient (Wildman–Crippen LogP) is 5.55. The minimum atomic E-state index is -3.97. The lowest BCUT2D eigenvalue weighted by Crippen LogP contribution is -2.38. The molecule has 0 heterocycles. The monoisotopic (exact) mass is 506 g/mol. The van der Waals surface area contributed by atoms with Gasteiger partial charge in [0.1, 0.15) is 6.54 Å². The molecule has 0 atom stereocenters. The van der Waals surface area contributed by atoms with Crippen molar-refractivity contribution in [2.45, 2.75) is 18.7 Å². The molecule has 0 unspecified atom stereocenters. The average molecular weight is 508 g/mol. The third-order valence-electron chi connectivity index (χ3n) is 4.47. The van der Waals surface area contributed by atoms with Crippen molar-refractivity contribution < 1.29 is 13.2 Å². The molecule has 0 bridgehead atoms. The first-order valence-electron chi connectivity index (χ1n) is 9.08. The van der Waals surface area contributed by atoms with Crippen LogP contribution in [0, 0.1) is 13.8 Å². The van der Waals surface area contributed by atoms with Gasteiger partial charge < -0.3 is 5.32 Å². The van der Waals surface area contributed by atoms with Gasteiger partial charge in [-0.15, -0.1) is 0 Å². The molecule has 156 valence electrons. The zero-order chi connectivity index (χ0) is 21.9. The quantitative estimate of drug-likeness (QED) is 0.475. The Kier molecular flexibility index (Phi) is 6.85. The van der Waals surface area contributed by atoms with Crippen LogP contribution in [0.3, 0.4) is 0 Å². The van der Waals surface area contributed by atoms with Gasteiger partial charge in [-0.25, -0.2) is 8.42 Å². The molecule has 0 aromatic heterocycles. The summed E-state index contributed by atoms with van der Waals surface area (Å²) in [6.07, 6.45) is 0. The van der Waals surface area contributed by atoms with Crippen LogP contribution in [-0.2, 0) is 14.8 Å². The fourth-order valence-electron chi connectivity index (χ4n) is 2.83. The summed E-state index contributed by atoms with van der Waals surface area (Å²) in [4.78, 5) is 12.9. The second-order valence-corrected chi connectivity index (χ2v) is 10.0. The Morgan fingerprint density at radius 1 is 1.03 bits per heavy atom. The van der Waals surface area contributed by atoms with E-state index >= 15 is 0 Å². The van der Waals surface area contributed by atoms with Gasteiger partial charge in [0, 0.05) is 15.2 Å². The molecule has 0 aliphatic rings. The highest BCUT2D eigenvalue weighted by atomic mass is 79.9. The lowest BCUT2D eigenvalue weighted by molar-refractivity contribution is -0.114. The molecule has 0 spiro atoms. The molecule has 1 amide bonds. The molecule has 3 aromatic rings. The maximum Gasteiger partial charge on any atom is 0.264 e. The molecule has 1 N–H and O–H groups in total. The summed E-state index contributed by atoms with van der Waals surface area (Å²) in [6, 6.07) is 18.5. The molecule has 3 aromatic carbocycles. The molecular formula is C22H20BrClN2O3S. The van der Waals surface area contributed by atoms with Crippen molar-refractivity contribution in [1.82, 2.24) is 0 Å². The number of nitrogens with zero attached hydrogens (tertiary/aromatic N) is 1. The van der Waals surface area contributed by atoms with Gasteiger partial charge in [-0.3, -0.25) is 9.10 Å². The van der Waals surface area contributed by atoms with Crippen molar-refractivity contribution in [3.63, 3.8) is 0 Å². The zero-order valence-electron chi connectivity index (χ0n) is 16.4. The summed E-state index contributed by atoms with van der Waals surface area (Å²) in [5.74, 6) is -0.476. The number of benzene rings is 3. The van der Waals surface area contributed by atoms with Gasteiger partial charge >= 0.3 is 0 Å². The Morgan fingerprint density at radius 2 is 1.73 bits per heavy atom. The van der Waals surface area contributed by atoms with Crippen LogP contribution in [-0.4, -0.2) is 20.9 Å². The third-order valence-corrected chi connectivity index (χ3v) is 6.98. The number of anilines is 2. The number of hydrogen-bond donors (Lipinski definition) is 1. The van der Waals surface area contributed by atoms with Gasteiger partial charge in [0.05, 0.1) is 10.6 Å². The number of carbonyl (C=O) groups excluding carboxylic acids is 1. The molecule has 5 nitrogen and oxygen atoms in total. The molecule has 0 saturated carbocycles. The smallest absolute Gasteiger partial charge is 0.264 e. The Balaban J connectivity index is 1.96. The van der Waals surface area contributed by atoms with Crippen LogP contribution in [0.2, 0.25) is 5.02 Å². The highest BCUT2D eigenvalue weighted by Gasteiger charge is 2.27. The van der Waals surface area contributed by atoms with Crippen LogP contribution >= 0.6 is 27.5 Å². The fraction of sp³-hybridized carbons (Fsp3) is 0.136. The summed E-state index contributed by atoms with van der Waals surface area (Å²) >= 11 is 9.39. The molecule has 0 saturated heterocycles. The van der Waals surface area contributed by atoms with Crippen molar-refractivity contribution in [2.75, 3.05) is 16.2 Å². The van der Waals surface area contributed by atoms with E-state index in [4.69, 9.17) is 11.6 Å². The van der Waals surface area contributed by atoms with E-state index in [0.29, 0.717) is 20.9 Å².